The van der Waals surface area contributed by atoms with Gasteiger partial charge in [-0.25, -0.2) is 10.2 Å². The van der Waals surface area contributed by atoms with Gasteiger partial charge in [0.15, 0.2) is 0 Å². The molecule has 0 aliphatic heterocycles. The molecule has 0 saturated heterocycles. The standard InChI is InChI=1S/C15H18N4O/c1-10-5-4-6-14(7-10)19-11(2)8-13(12(19)3)9-17-18-15(16)20/h4-9H,1-3H3,(H3,16,18,20). The normalized spacial score (nSPS) is 10.9. The van der Waals surface area contributed by atoms with Crippen molar-refractivity contribution in [1.29, 1.82) is 0 Å². The smallest absolute Gasteiger partial charge is 0.332 e. The lowest BCUT2D eigenvalue weighted by Gasteiger charge is -2.10. The summed E-state index contributed by atoms with van der Waals surface area (Å²) in [6.45, 7) is 6.12. The summed E-state index contributed by atoms with van der Waals surface area (Å²) in [5.74, 6) is 0. The van der Waals surface area contributed by atoms with Gasteiger partial charge in [0.2, 0.25) is 0 Å². The van der Waals surface area contributed by atoms with Crippen molar-refractivity contribution in [2.75, 3.05) is 0 Å². The van der Waals surface area contributed by atoms with Gasteiger partial charge in [0.25, 0.3) is 0 Å². The van der Waals surface area contributed by atoms with Crippen molar-refractivity contribution in [3.63, 3.8) is 0 Å². The predicted octanol–water partition coefficient (Wildman–Crippen LogP) is 2.40. The van der Waals surface area contributed by atoms with Crippen LogP contribution in [0.4, 0.5) is 4.79 Å². The van der Waals surface area contributed by atoms with E-state index in [0.717, 1.165) is 22.6 Å². The van der Waals surface area contributed by atoms with Gasteiger partial charge in [-0.2, -0.15) is 5.10 Å². The molecule has 0 aliphatic rings. The van der Waals surface area contributed by atoms with Gasteiger partial charge in [0.1, 0.15) is 0 Å². The fourth-order valence-corrected chi connectivity index (χ4v) is 2.25. The zero-order valence-corrected chi connectivity index (χ0v) is 11.8. The van der Waals surface area contributed by atoms with E-state index < -0.39 is 6.03 Å². The van der Waals surface area contributed by atoms with Gasteiger partial charge in [0, 0.05) is 22.6 Å². The molecular weight excluding hydrogens is 252 g/mol. The first-order chi connectivity index (χ1) is 9.49. The second-order valence-corrected chi connectivity index (χ2v) is 4.74. The second-order valence-electron chi connectivity index (χ2n) is 4.74. The first kappa shape index (κ1) is 13.9. The molecule has 5 nitrogen and oxygen atoms in total. The Morgan fingerprint density at radius 1 is 1.30 bits per heavy atom. The lowest BCUT2D eigenvalue weighted by Crippen LogP contribution is -2.24. The van der Waals surface area contributed by atoms with Crippen LogP contribution in [0.5, 0.6) is 0 Å². The van der Waals surface area contributed by atoms with Gasteiger partial charge >= 0.3 is 6.03 Å². The highest BCUT2D eigenvalue weighted by atomic mass is 16.2. The molecular formula is C15H18N4O. The Morgan fingerprint density at radius 3 is 2.70 bits per heavy atom. The highest BCUT2D eigenvalue weighted by Crippen LogP contribution is 2.20. The Balaban J connectivity index is 2.39. The Labute approximate surface area is 118 Å². The number of hydrogen-bond donors (Lipinski definition) is 2. The van der Waals surface area contributed by atoms with E-state index in [4.69, 9.17) is 5.73 Å². The van der Waals surface area contributed by atoms with Crippen molar-refractivity contribution in [3.05, 3.63) is 52.8 Å². The number of carbonyl (C=O) groups excluding carboxylic acids is 1. The lowest BCUT2D eigenvalue weighted by molar-refractivity contribution is 0.249. The third kappa shape index (κ3) is 2.88. The van der Waals surface area contributed by atoms with Gasteiger partial charge in [-0.15, -0.1) is 0 Å². The Morgan fingerprint density at radius 2 is 2.05 bits per heavy atom. The van der Waals surface area contributed by atoms with Crippen molar-refractivity contribution in [3.8, 4) is 5.69 Å². The number of carbonyl (C=O) groups is 1. The summed E-state index contributed by atoms with van der Waals surface area (Å²) in [7, 11) is 0. The van der Waals surface area contributed by atoms with Gasteiger partial charge in [0.05, 0.1) is 6.21 Å². The fourth-order valence-electron chi connectivity index (χ4n) is 2.25. The summed E-state index contributed by atoms with van der Waals surface area (Å²) in [6, 6.07) is 9.64. The van der Waals surface area contributed by atoms with Crippen molar-refractivity contribution < 1.29 is 4.79 Å². The molecule has 104 valence electrons. The molecule has 1 aromatic carbocycles. The van der Waals surface area contributed by atoms with E-state index in [2.05, 4.69) is 40.2 Å². The topological polar surface area (TPSA) is 72.4 Å². The van der Waals surface area contributed by atoms with Gasteiger partial charge in [-0.1, -0.05) is 12.1 Å². The van der Waals surface area contributed by atoms with Crippen LogP contribution in [0.1, 0.15) is 22.5 Å². The molecule has 0 fully saturated rings. The molecule has 2 rings (SSSR count). The second kappa shape index (κ2) is 5.61. The molecule has 2 aromatic rings. The van der Waals surface area contributed by atoms with Crippen molar-refractivity contribution in [2.24, 2.45) is 10.8 Å². The van der Waals surface area contributed by atoms with E-state index in [1.165, 1.54) is 5.56 Å². The molecule has 0 bridgehead atoms. The Hall–Kier alpha value is -2.56. The molecule has 2 amide bonds. The predicted molar refractivity (Wildman–Crippen MR) is 80.3 cm³/mol. The summed E-state index contributed by atoms with van der Waals surface area (Å²) >= 11 is 0. The van der Waals surface area contributed by atoms with Crippen LogP contribution >= 0.6 is 0 Å². The lowest BCUT2D eigenvalue weighted by atomic mass is 10.2. The zero-order chi connectivity index (χ0) is 14.7. The number of nitrogens with one attached hydrogen (secondary N) is 1. The molecule has 0 saturated carbocycles. The minimum absolute atomic E-state index is 0.672. The number of rotatable bonds is 3. The maximum absolute atomic E-state index is 10.6. The summed E-state index contributed by atoms with van der Waals surface area (Å²) < 4.78 is 2.15. The van der Waals surface area contributed by atoms with E-state index in [1.54, 1.807) is 6.21 Å². The van der Waals surface area contributed by atoms with Crippen molar-refractivity contribution in [1.82, 2.24) is 9.99 Å². The van der Waals surface area contributed by atoms with E-state index in [-0.39, 0.29) is 0 Å². The fraction of sp³-hybridized carbons (Fsp3) is 0.200. The van der Waals surface area contributed by atoms with Crippen LogP contribution in [0.3, 0.4) is 0 Å². The van der Waals surface area contributed by atoms with E-state index in [1.807, 2.05) is 26.0 Å². The van der Waals surface area contributed by atoms with E-state index in [0.29, 0.717) is 0 Å². The van der Waals surface area contributed by atoms with Gasteiger partial charge in [-0.05, 0) is 44.5 Å². The summed E-state index contributed by atoms with van der Waals surface area (Å²) in [4.78, 5) is 10.6. The number of nitrogens with zero attached hydrogens (tertiary/aromatic N) is 2. The highest BCUT2D eigenvalue weighted by Gasteiger charge is 2.09. The number of hydrogen-bond acceptors (Lipinski definition) is 2. The van der Waals surface area contributed by atoms with Crippen molar-refractivity contribution in [2.45, 2.75) is 20.8 Å². The quantitative estimate of drug-likeness (QED) is 0.652. The number of amides is 2. The molecule has 1 heterocycles. The molecule has 0 unspecified atom stereocenters. The minimum atomic E-state index is -0.672. The third-order valence-corrected chi connectivity index (χ3v) is 3.11. The zero-order valence-electron chi connectivity index (χ0n) is 11.8. The Kier molecular flexibility index (Phi) is 3.89. The molecule has 0 spiro atoms. The molecule has 0 aliphatic carbocycles. The first-order valence-corrected chi connectivity index (χ1v) is 6.33. The number of benzene rings is 1. The molecule has 5 heteroatoms. The van der Waals surface area contributed by atoms with Crippen LogP contribution in [0.2, 0.25) is 0 Å². The van der Waals surface area contributed by atoms with Crippen LogP contribution in [-0.2, 0) is 0 Å². The molecule has 0 radical (unpaired) electrons. The monoisotopic (exact) mass is 270 g/mol. The molecule has 20 heavy (non-hydrogen) atoms. The van der Waals surface area contributed by atoms with Crippen LogP contribution in [-0.4, -0.2) is 16.8 Å². The van der Waals surface area contributed by atoms with Crippen molar-refractivity contribution >= 4 is 12.2 Å². The van der Waals surface area contributed by atoms with Crippen LogP contribution in [0.15, 0.2) is 35.4 Å². The maximum Gasteiger partial charge on any atom is 0.332 e. The average molecular weight is 270 g/mol. The number of aromatic nitrogens is 1. The van der Waals surface area contributed by atoms with Crippen LogP contribution < -0.4 is 11.2 Å². The number of aryl methyl sites for hydroxylation is 2. The summed E-state index contributed by atoms with van der Waals surface area (Å²) in [5.41, 5.74) is 12.6. The number of primary amides is 1. The highest BCUT2D eigenvalue weighted by molar-refractivity contribution is 5.83. The van der Waals surface area contributed by atoms with Crippen LogP contribution in [0.25, 0.3) is 5.69 Å². The molecule has 0 atom stereocenters. The minimum Gasteiger partial charge on any atom is -0.350 e. The van der Waals surface area contributed by atoms with E-state index in [9.17, 15) is 4.79 Å². The first-order valence-electron chi connectivity index (χ1n) is 6.33. The van der Waals surface area contributed by atoms with Gasteiger partial charge in [-0.3, -0.25) is 0 Å². The third-order valence-electron chi connectivity index (χ3n) is 3.11. The summed E-state index contributed by atoms with van der Waals surface area (Å²) in [5, 5.41) is 3.80. The van der Waals surface area contributed by atoms with E-state index >= 15 is 0 Å². The van der Waals surface area contributed by atoms with Crippen LogP contribution in [0, 0.1) is 20.8 Å². The summed E-state index contributed by atoms with van der Waals surface area (Å²) in [6.07, 6.45) is 1.60. The SMILES string of the molecule is Cc1cccc(-n2c(C)cc(C=NNC(N)=O)c2C)c1. The maximum atomic E-state index is 10.6. The molecule has 1 aromatic heterocycles. The number of urea groups is 1. The Bertz CT molecular complexity index is 671. The molecule has 3 N–H and O–H groups in total. The number of hydrazone groups is 1. The van der Waals surface area contributed by atoms with Gasteiger partial charge < -0.3 is 10.3 Å². The largest absolute Gasteiger partial charge is 0.350 e. The average Bonchev–Trinajstić information content (AvgIpc) is 2.64. The number of nitrogens with two attached hydrogens (primary N) is 1.